The van der Waals surface area contributed by atoms with Crippen LogP contribution in [0.25, 0.3) is 0 Å². The molecule has 1 aromatic heterocycles. The number of fused-ring (bicyclic) bond motifs is 1. The Bertz CT molecular complexity index is 1110. The Hall–Kier alpha value is -3.04. The quantitative estimate of drug-likeness (QED) is 0.723. The molecule has 0 radical (unpaired) electrons. The minimum atomic E-state index is -3.67. The van der Waals surface area contributed by atoms with Gasteiger partial charge in [-0.05, 0) is 36.4 Å². The zero-order valence-electron chi connectivity index (χ0n) is 13.2. The molecular formula is C17H12N4O3S2. The van der Waals surface area contributed by atoms with Crippen LogP contribution in [-0.4, -0.2) is 25.1 Å². The fraction of sp³-hybridized carbons (Fsp3) is 0. The molecule has 3 aromatic rings. The van der Waals surface area contributed by atoms with E-state index in [-0.39, 0.29) is 16.6 Å². The van der Waals surface area contributed by atoms with Crippen molar-refractivity contribution in [3.05, 3.63) is 71.2 Å². The molecule has 4 rings (SSSR count). The minimum absolute atomic E-state index is 0.182. The number of carbonyl (C=O) groups is 1. The van der Waals surface area contributed by atoms with E-state index in [0.29, 0.717) is 21.9 Å². The van der Waals surface area contributed by atoms with Crippen molar-refractivity contribution in [1.82, 2.24) is 4.98 Å². The van der Waals surface area contributed by atoms with Crippen LogP contribution >= 0.6 is 11.3 Å². The zero-order valence-corrected chi connectivity index (χ0v) is 14.8. The molecule has 2 aromatic carbocycles. The molecule has 9 heteroatoms. The van der Waals surface area contributed by atoms with E-state index in [1.165, 1.54) is 17.4 Å². The van der Waals surface area contributed by atoms with Crippen LogP contribution in [0, 0.1) is 0 Å². The topological polar surface area (TPSA) is 101 Å². The van der Waals surface area contributed by atoms with Gasteiger partial charge in [-0.15, -0.1) is 15.7 Å². The lowest BCUT2D eigenvalue weighted by Crippen LogP contribution is -2.13. The van der Waals surface area contributed by atoms with E-state index in [1.54, 1.807) is 54.0 Å². The molecule has 0 saturated carbocycles. The second kappa shape index (κ2) is 6.36. The van der Waals surface area contributed by atoms with E-state index in [9.17, 15) is 13.2 Å². The van der Waals surface area contributed by atoms with E-state index in [1.807, 2.05) is 0 Å². The summed E-state index contributed by atoms with van der Waals surface area (Å²) in [5.41, 5.74) is 1.62. The number of benzene rings is 2. The number of thiazole rings is 1. The molecule has 0 spiro atoms. The highest BCUT2D eigenvalue weighted by Gasteiger charge is 2.28. The monoisotopic (exact) mass is 384 g/mol. The van der Waals surface area contributed by atoms with Crippen molar-refractivity contribution in [2.75, 3.05) is 10.6 Å². The molecule has 1 aliphatic heterocycles. The molecule has 26 heavy (non-hydrogen) atoms. The largest absolute Gasteiger partial charge is 0.339 e. The molecule has 0 aliphatic carbocycles. The van der Waals surface area contributed by atoms with E-state index >= 15 is 0 Å². The van der Waals surface area contributed by atoms with Gasteiger partial charge >= 0.3 is 0 Å². The normalized spacial score (nSPS) is 14.4. The van der Waals surface area contributed by atoms with Crippen LogP contribution in [0.3, 0.4) is 0 Å². The van der Waals surface area contributed by atoms with E-state index in [4.69, 9.17) is 0 Å². The van der Waals surface area contributed by atoms with Crippen LogP contribution in [0.1, 0.15) is 15.9 Å². The molecule has 0 saturated heterocycles. The number of hydrogen-bond acceptors (Lipinski definition) is 6. The summed E-state index contributed by atoms with van der Waals surface area (Å²) in [4.78, 5) is 16.3. The van der Waals surface area contributed by atoms with Crippen LogP contribution in [-0.2, 0) is 10.0 Å². The third-order valence-electron chi connectivity index (χ3n) is 3.69. The van der Waals surface area contributed by atoms with Crippen molar-refractivity contribution < 1.29 is 13.2 Å². The van der Waals surface area contributed by atoms with Gasteiger partial charge in [0.05, 0.1) is 0 Å². The molecule has 0 atom stereocenters. The minimum Gasteiger partial charge on any atom is -0.339 e. The fourth-order valence-electron chi connectivity index (χ4n) is 2.49. The van der Waals surface area contributed by atoms with Gasteiger partial charge in [-0.25, -0.2) is 4.98 Å². The summed E-state index contributed by atoms with van der Waals surface area (Å²) >= 11 is 1.34. The first kappa shape index (κ1) is 16.4. The molecule has 2 heterocycles. The van der Waals surface area contributed by atoms with Crippen LogP contribution < -0.4 is 10.6 Å². The average molecular weight is 384 g/mol. The highest BCUT2D eigenvalue weighted by molar-refractivity contribution is 7.90. The molecule has 7 nitrogen and oxygen atoms in total. The SMILES string of the molecule is O=C(Nc1nccs1)c1ccc(NC2=NS(=O)(=O)c3ccccc32)cc1. The molecular weight excluding hydrogens is 372 g/mol. The summed E-state index contributed by atoms with van der Waals surface area (Å²) in [5, 5.41) is 7.99. The number of sulfonamides is 1. The van der Waals surface area contributed by atoms with Crippen molar-refractivity contribution in [3.63, 3.8) is 0 Å². The number of amides is 1. The van der Waals surface area contributed by atoms with Gasteiger partial charge in [-0.3, -0.25) is 10.1 Å². The molecule has 0 unspecified atom stereocenters. The molecule has 130 valence electrons. The Morgan fingerprint density at radius 2 is 1.81 bits per heavy atom. The Morgan fingerprint density at radius 3 is 2.54 bits per heavy atom. The lowest BCUT2D eigenvalue weighted by molar-refractivity contribution is 0.102. The van der Waals surface area contributed by atoms with Crippen molar-refractivity contribution in [1.29, 1.82) is 0 Å². The first-order valence-electron chi connectivity index (χ1n) is 7.55. The summed E-state index contributed by atoms with van der Waals surface area (Å²) < 4.78 is 27.9. The van der Waals surface area contributed by atoms with Gasteiger partial charge in [-0.1, -0.05) is 12.1 Å². The van der Waals surface area contributed by atoms with Crippen LogP contribution in [0.4, 0.5) is 10.8 Å². The van der Waals surface area contributed by atoms with Crippen molar-refractivity contribution >= 4 is 43.9 Å². The Balaban J connectivity index is 1.53. The number of nitrogens with one attached hydrogen (secondary N) is 2. The van der Waals surface area contributed by atoms with Crippen LogP contribution in [0.5, 0.6) is 0 Å². The highest BCUT2D eigenvalue weighted by atomic mass is 32.2. The van der Waals surface area contributed by atoms with Gasteiger partial charge in [0.15, 0.2) is 11.0 Å². The first-order valence-corrected chi connectivity index (χ1v) is 9.87. The number of nitrogens with zero attached hydrogens (tertiary/aromatic N) is 2. The maximum atomic E-state index is 12.1. The Kier molecular flexibility index (Phi) is 4.02. The predicted octanol–water partition coefficient (Wildman–Crippen LogP) is 2.96. The number of rotatable bonds is 3. The maximum Gasteiger partial charge on any atom is 0.285 e. The number of amidine groups is 1. The third-order valence-corrected chi connectivity index (χ3v) is 5.72. The second-order valence-electron chi connectivity index (χ2n) is 5.40. The zero-order chi connectivity index (χ0) is 18.1. The van der Waals surface area contributed by atoms with Gasteiger partial charge in [0.2, 0.25) is 0 Å². The maximum absolute atomic E-state index is 12.1. The van der Waals surface area contributed by atoms with E-state index in [2.05, 4.69) is 20.0 Å². The Labute approximate surface area is 153 Å². The van der Waals surface area contributed by atoms with Gasteiger partial charge in [0.25, 0.3) is 15.9 Å². The number of carbonyl (C=O) groups excluding carboxylic acids is 1. The highest BCUT2D eigenvalue weighted by Crippen LogP contribution is 2.26. The van der Waals surface area contributed by atoms with Gasteiger partial charge < -0.3 is 5.32 Å². The third kappa shape index (κ3) is 3.09. The van der Waals surface area contributed by atoms with E-state index in [0.717, 1.165) is 0 Å². The summed E-state index contributed by atoms with van der Waals surface area (Å²) in [6.07, 6.45) is 1.61. The molecule has 0 fully saturated rings. The summed E-state index contributed by atoms with van der Waals surface area (Å²) in [6, 6.07) is 13.3. The Morgan fingerprint density at radius 1 is 1.04 bits per heavy atom. The predicted molar refractivity (Wildman–Crippen MR) is 100 cm³/mol. The lowest BCUT2D eigenvalue weighted by atomic mass is 10.1. The molecule has 2 N–H and O–H groups in total. The van der Waals surface area contributed by atoms with Gasteiger partial charge in [0, 0.05) is 28.4 Å². The van der Waals surface area contributed by atoms with E-state index < -0.39 is 10.0 Å². The first-order chi connectivity index (χ1) is 12.5. The molecule has 1 aliphatic rings. The van der Waals surface area contributed by atoms with Crippen molar-refractivity contribution in [3.8, 4) is 0 Å². The molecule has 1 amide bonds. The van der Waals surface area contributed by atoms with Crippen LogP contribution in [0.2, 0.25) is 0 Å². The average Bonchev–Trinajstić information content (AvgIpc) is 3.22. The smallest absolute Gasteiger partial charge is 0.285 e. The van der Waals surface area contributed by atoms with Crippen molar-refractivity contribution in [2.45, 2.75) is 4.90 Å². The number of hydrogen-bond donors (Lipinski definition) is 2. The van der Waals surface area contributed by atoms with Crippen LogP contribution in [0.15, 0.2) is 69.4 Å². The molecule has 0 bridgehead atoms. The summed E-state index contributed by atoms with van der Waals surface area (Å²) in [7, 11) is -3.67. The number of aromatic nitrogens is 1. The van der Waals surface area contributed by atoms with Gasteiger partial charge in [-0.2, -0.15) is 8.42 Å². The lowest BCUT2D eigenvalue weighted by Gasteiger charge is -2.07. The van der Waals surface area contributed by atoms with Crippen molar-refractivity contribution in [2.24, 2.45) is 4.40 Å². The summed E-state index contributed by atoms with van der Waals surface area (Å²) in [5.74, 6) is -0.00165. The summed E-state index contributed by atoms with van der Waals surface area (Å²) in [6.45, 7) is 0. The number of anilines is 2. The van der Waals surface area contributed by atoms with Gasteiger partial charge in [0.1, 0.15) is 4.90 Å². The fourth-order valence-corrected chi connectivity index (χ4v) is 4.19. The standard InChI is InChI=1S/C17H12N4O3S2/c22-16(20-17-18-9-10-25-17)11-5-7-12(8-6-11)19-15-13-3-1-2-4-14(13)26(23,24)21-15/h1-10H,(H,19,21)(H,18,20,22). The second-order valence-corrected chi connectivity index (χ2v) is 7.87.